The molecule has 8 aromatic rings. The van der Waals surface area contributed by atoms with E-state index in [4.69, 9.17) is 50.5 Å². The van der Waals surface area contributed by atoms with E-state index >= 15 is 0 Å². The van der Waals surface area contributed by atoms with Crippen LogP contribution in [0.15, 0.2) is 163 Å². The normalized spacial score (nSPS) is 20.6. The van der Waals surface area contributed by atoms with Crippen LogP contribution in [0, 0.1) is 58.6 Å². The second kappa shape index (κ2) is 40.0. The van der Waals surface area contributed by atoms with E-state index in [0.29, 0.717) is 113 Å². The molecule has 5 amide bonds. The smallest absolute Gasteiger partial charge is 0.414 e. The minimum Gasteiger partial charge on any atom is -0.491 e. The van der Waals surface area contributed by atoms with Crippen LogP contribution >= 0.6 is 0 Å². The summed E-state index contributed by atoms with van der Waals surface area (Å²) >= 11 is 0. The highest BCUT2D eigenvalue weighted by molar-refractivity contribution is 7.93. The number of anilines is 5. The first kappa shape index (κ1) is 95.0. The number of benzene rings is 8. The summed E-state index contributed by atoms with van der Waals surface area (Å²) in [6, 6.07) is 39.8. The van der Waals surface area contributed by atoms with Crippen molar-refractivity contribution in [1.29, 1.82) is 5.26 Å². The zero-order valence-corrected chi connectivity index (χ0v) is 73.0. The predicted molar refractivity (Wildman–Crippen MR) is 462 cm³/mol. The van der Waals surface area contributed by atoms with Crippen LogP contribution in [-0.2, 0) is 58.7 Å². The van der Waals surface area contributed by atoms with Gasteiger partial charge in [0.15, 0.2) is 29.5 Å². The van der Waals surface area contributed by atoms with Crippen LogP contribution in [0.2, 0.25) is 0 Å². The van der Waals surface area contributed by atoms with Crippen molar-refractivity contribution in [2.45, 2.75) is 125 Å². The van der Waals surface area contributed by atoms with E-state index < -0.39 is 123 Å². The number of sulfone groups is 3. The number of halogens is 7. The number of cyclic esters (lactones) is 5. The van der Waals surface area contributed by atoms with Gasteiger partial charge in [0.2, 0.25) is 0 Å². The standard InChI is InChI=1S/C22H25FN2O4S.C18H15FN2O2.C18H18FNO5.C17H18F2N2O4S.C16H17F2NO4S/c1-4-17-12-25(21(26)29-17)16-7-10-19(20(23)11-16)15-5-8-18(9-6-15)30(27,28)22(2)13-24(3)14-22;1-2-15-11-21(18(22)23-15)14-6-7-16(17(19)9-14)13-5-3-4-12(8-13)10-20;19-17-9-13(20-10-15(11-22)25-18(20)23)3-6-16(17)12-1-4-14(5-2-12)24-8-7-21;1-3-12-10-21(16(22)25-12)11-8-13(18)15(14(19)9-11)17(20-2)4-6-26(23,24)7-5-17;1-2-12-9-19(16(20)23-12)11-7-13(17)15(14(18)8-11)10-3-5-24(21,22)6-4-10/h5-11,17H,4,12-14H2,1-3H3;3-9,15H,2,11H2,1H3;1-6,9,15,21-22H,7-8,10-11H2;8-9,12H,3-7,10H2,1H3;3,7-8,12H,2,4-6,9H2,1H3/t17-;2*15-;2*12-/m00100/s1. The molecule has 27 nitrogen and oxygen atoms in total. The fraction of sp³-hybridized carbons (Fsp3) is 0.374. The van der Waals surface area contributed by atoms with Crippen LogP contribution in [0.5, 0.6) is 5.75 Å². The largest absolute Gasteiger partial charge is 0.491 e. The molecule has 8 aliphatic heterocycles. The van der Waals surface area contributed by atoms with Crippen LogP contribution in [0.3, 0.4) is 0 Å². The first-order valence-electron chi connectivity index (χ1n) is 41.2. The molecule has 0 aliphatic carbocycles. The average molecular weight is 1830 g/mol. The van der Waals surface area contributed by atoms with Gasteiger partial charge in [0.25, 0.3) is 5.54 Å². The summed E-state index contributed by atoms with van der Waals surface area (Å²) in [6.07, 6.45) is -0.673. The van der Waals surface area contributed by atoms with E-state index in [1.165, 1.54) is 56.0 Å². The Balaban J connectivity index is 0.000000146. The molecular weight excluding hydrogens is 1740 g/mol. The molecule has 0 unspecified atom stereocenters. The molecule has 7 saturated heterocycles. The molecule has 37 heteroatoms. The van der Waals surface area contributed by atoms with Crippen molar-refractivity contribution in [1.82, 2.24) is 4.90 Å². The highest BCUT2D eigenvalue weighted by Gasteiger charge is 2.51. The van der Waals surface area contributed by atoms with Gasteiger partial charge in [-0.25, -0.2) is 86.5 Å². The summed E-state index contributed by atoms with van der Waals surface area (Å²) < 4.78 is 204. The highest BCUT2D eigenvalue weighted by Crippen LogP contribution is 2.44. The van der Waals surface area contributed by atoms with Gasteiger partial charge in [0.1, 0.15) is 89.2 Å². The van der Waals surface area contributed by atoms with E-state index in [9.17, 15) is 80.0 Å². The lowest BCUT2D eigenvalue weighted by atomic mass is 9.84. The molecule has 678 valence electrons. The van der Waals surface area contributed by atoms with Gasteiger partial charge < -0.3 is 48.4 Å². The van der Waals surface area contributed by atoms with Gasteiger partial charge in [-0.3, -0.25) is 24.5 Å². The Morgan fingerprint density at radius 3 is 1.26 bits per heavy atom. The summed E-state index contributed by atoms with van der Waals surface area (Å²) in [4.78, 5) is 71.4. The SMILES string of the molecule is CC[C@H]1CN(c2cc(F)c(C3=CCS(=O)(=O)CC3)c(F)c2)C(=O)O1.CC[C@H]1CN(c2ccc(-c3ccc(S(=O)(=O)C4(C)CN(C)C4)cc3)c(F)c2)C(=O)O1.CC[C@H]1CN(c2ccc(-c3cccc(C#N)c3)c(F)c2)C(=O)O1.O=C1O[C@@H](CO)CN1c1ccc(-c2ccc(OCCO)cc2)c(F)c1.[C-]#[N+]C1(c2c(F)cc(N3C[C@H](CC)OC3=O)cc2F)CCS(=O)(=O)CC1. The van der Waals surface area contributed by atoms with Gasteiger partial charge in [-0.2, -0.15) is 5.26 Å². The maximum atomic E-state index is 14.8. The fourth-order valence-electron chi connectivity index (χ4n) is 15.7. The maximum absolute atomic E-state index is 14.8. The summed E-state index contributed by atoms with van der Waals surface area (Å²) in [5.41, 5.74) is 3.02. The van der Waals surface area contributed by atoms with Crippen molar-refractivity contribution in [3.05, 3.63) is 227 Å². The van der Waals surface area contributed by atoms with Gasteiger partial charge >= 0.3 is 30.5 Å². The van der Waals surface area contributed by atoms with Crippen molar-refractivity contribution in [2.75, 3.05) is 120 Å². The van der Waals surface area contributed by atoms with Gasteiger partial charge in [0.05, 0.1) is 119 Å². The Labute approximate surface area is 735 Å². The van der Waals surface area contributed by atoms with Crippen molar-refractivity contribution in [2.24, 2.45) is 0 Å². The molecule has 0 radical (unpaired) electrons. The molecule has 0 spiro atoms. The van der Waals surface area contributed by atoms with E-state index in [0.717, 1.165) is 35.6 Å². The van der Waals surface area contributed by atoms with Crippen LogP contribution in [0.1, 0.15) is 96.3 Å². The first-order valence-corrected chi connectivity index (χ1v) is 46.3. The lowest BCUT2D eigenvalue weighted by Crippen LogP contribution is -2.62. The van der Waals surface area contributed by atoms with Crippen LogP contribution in [0.25, 0.3) is 43.8 Å². The molecule has 8 heterocycles. The molecule has 128 heavy (non-hydrogen) atoms. The quantitative estimate of drug-likeness (QED) is 0.0407. The third-order valence-corrected chi connectivity index (χ3v) is 28.5. The minimum absolute atomic E-state index is 0.0215. The molecular formula is C91H93F7N8O19S3. The minimum atomic E-state index is -3.47. The zero-order valence-electron chi connectivity index (χ0n) is 70.5. The topological polar surface area (TPSA) is 331 Å². The lowest BCUT2D eigenvalue weighted by Gasteiger charge is -2.45. The number of nitrogens with zero attached hydrogens (tertiary/aromatic N) is 8. The Hall–Kier alpha value is -12.1. The van der Waals surface area contributed by atoms with Crippen molar-refractivity contribution in [3.63, 3.8) is 0 Å². The summed E-state index contributed by atoms with van der Waals surface area (Å²) in [5.74, 6) is -5.27. The number of hydrogen-bond donors (Lipinski definition) is 2. The van der Waals surface area contributed by atoms with Crippen LogP contribution in [-0.4, -0.2) is 202 Å². The second-order valence-corrected chi connectivity index (χ2v) is 38.8. The number of ether oxygens (including phenoxy) is 6. The number of rotatable bonds is 20. The molecule has 2 N–H and O–H groups in total. The Kier molecular flexibility index (Phi) is 29.7. The summed E-state index contributed by atoms with van der Waals surface area (Å²) in [7, 11) is -8.05. The fourth-order valence-corrected chi connectivity index (χ4v) is 20.2. The second-order valence-electron chi connectivity index (χ2n) is 31.8. The van der Waals surface area contributed by atoms with Gasteiger partial charge in [-0.15, -0.1) is 0 Å². The average Bonchev–Trinajstić information content (AvgIpc) is 0.933. The summed E-state index contributed by atoms with van der Waals surface area (Å²) in [5, 5.41) is 26.7. The number of carbonyl (C=O) groups excluding carboxylic acids is 5. The third-order valence-electron chi connectivity index (χ3n) is 22.9. The molecule has 0 saturated carbocycles. The maximum Gasteiger partial charge on any atom is 0.414 e. The first-order chi connectivity index (χ1) is 60.9. The van der Waals surface area contributed by atoms with E-state index in [1.807, 2.05) is 45.7 Å². The van der Waals surface area contributed by atoms with E-state index in [1.54, 1.807) is 104 Å². The number of likely N-dealkylation sites (tertiary alicyclic amines) is 1. The van der Waals surface area contributed by atoms with Crippen molar-refractivity contribution < 1.29 is 119 Å². The van der Waals surface area contributed by atoms with E-state index in [2.05, 4.69) is 4.85 Å². The highest BCUT2D eigenvalue weighted by atomic mass is 32.2. The Bertz CT molecular complexity index is 5960. The Morgan fingerprint density at radius 1 is 0.508 bits per heavy atom. The number of aliphatic hydroxyl groups excluding tert-OH is 2. The summed E-state index contributed by atoms with van der Waals surface area (Å²) in [6.45, 7) is 19.0. The number of allylic oxidation sites excluding steroid dienone is 1. The number of carbonyl (C=O) groups is 5. The number of aliphatic hydroxyl groups is 2. The zero-order chi connectivity index (χ0) is 92.5. The molecule has 8 aromatic carbocycles. The molecule has 0 aromatic heterocycles. The third kappa shape index (κ3) is 21.3. The Morgan fingerprint density at radius 2 is 0.898 bits per heavy atom. The monoisotopic (exact) mass is 1830 g/mol. The van der Waals surface area contributed by atoms with Gasteiger partial charge in [0, 0.05) is 48.2 Å². The van der Waals surface area contributed by atoms with Crippen molar-refractivity contribution in [3.8, 4) is 45.2 Å². The van der Waals surface area contributed by atoms with Crippen LogP contribution in [0.4, 0.5) is 83.1 Å². The van der Waals surface area contributed by atoms with Gasteiger partial charge in [-0.05, 0) is 184 Å². The predicted octanol–water partition coefficient (Wildman–Crippen LogP) is 15.9. The van der Waals surface area contributed by atoms with E-state index in [-0.39, 0.29) is 128 Å². The molecule has 16 rings (SSSR count). The molecule has 5 atom stereocenters. The van der Waals surface area contributed by atoms with Gasteiger partial charge in [-0.1, -0.05) is 70.2 Å². The molecule has 7 fully saturated rings. The van der Waals surface area contributed by atoms with Crippen LogP contribution < -0.4 is 29.2 Å². The molecule has 0 bridgehead atoms. The number of nitriles is 1. The van der Waals surface area contributed by atoms with Crippen molar-refractivity contribution >= 4 is 94.0 Å². The molecule has 8 aliphatic rings. The lowest BCUT2D eigenvalue weighted by molar-refractivity contribution is 0.0963. The number of hydrogen-bond acceptors (Lipinski definition) is 21. The number of amides is 5.